The topological polar surface area (TPSA) is 101 Å². The average Bonchev–Trinajstić information content (AvgIpc) is 2.72. The smallest absolute Gasteiger partial charge is 0.257 e. The number of nitrogens with one attached hydrogen (secondary N) is 1. The third-order valence-corrected chi connectivity index (χ3v) is 4.72. The van der Waals surface area contributed by atoms with Gasteiger partial charge in [0.15, 0.2) is 12.0 Å². The number of methoxy groups -OCH3 is 1. The van der Waals surface area contributed by atoms with Crippen molar-refractivity contribution in [2.45, 2.75) is 26.2 Å². The van der Waals surface area contributed by atoms with Gasteiger partial charge in [-0.1, -0.05) is 13.0 Å². The Hall–Kier alpha value is -3.11. The van der Waals surface area contributed by atoms with Gasteiger partial charge in [-0.25, -0.2) is 8.78 Å². The molecule has 1 heterocycles. The van der Waals surface area contributed by atoms with E-state index in [2.05, 4.69) is 5.32 Å². The summed E-state index contributed by atoms with van der Waals surface area (Å²) in [5.74, 6) is -3.37. The number of halogens is 2. The van der Waals surface area contributed by atoms with Crippen LogP contribution >= 0.6 is 0 Å². The van der Waals surface area contributed by atoms with Crippen molar-refractivity contribution in [2.75, 3.05) is 20.7 Å². The van der Waals surface area contributed by atoms with Crippen LogP contribution in [0, 0.1) is 11.6 Å². The highest BCUT2D eigenvalue weighted by molar-refractivity contribution is 5.95. The Labute approximate surface area is 171 Å². The van der Waals surface area contributed by atoms with Crippen molar-refractivity contribution in [3.63, 3.8) is 0 Å². The van der Waals surface area contributed by atoms with Crippen LogP contribution < -0.4 is 10.7 Å². The van der Waals surface area contributed by atoms with Crippen molar-refractivity contribution in [3.8, 4) is 5.75 Å². The number of pyridine rings is 1. The summed E-state index contributed by atoms with van der Waals surface area (Å²) < 4.78 is 33.4. The van der Waals surface area contributed by atoms with Crippen LogP contribution in [0.1, 0.15) is 33.3 Å². The predicted molar refractivity (Wildman–Crippen MR) is 104 cm³/mol. The first kappa shape index (κ1) is 23.2. The van der Waals surface area contributed by atoms with Gasteiger partial charge in [-0.3, -0.25) is 19.3 Å². The maximum atomic E-state index is 13.7. The summed E-state index contributed by atoms with van der Waals surface area (Å²) in [7, 11) is 3.24. The standard InChI is InChI=1S/C20H23F2N3O5/c1-4-24(2)17(30-3)10-25-9-14(18(27)19(28)16(25)11-26)20(29)23-8-12-5-6-13(21)7-15(12)22/h5-7,9,11,17,28H,4,8,10H2,1-3H3,(H,23,29). The van der Waals surface area contributed by atoms with E-state index in [1.807, 2.05) is 11.8 Å². The Balaban J connectivity index is 2.34. The Morgan fingerprint density at radius 2 is 2.10 bits per heavy atom. The van der Waals surface area contributed by atoms with Crippen LogP contribution in [0.15, 0.2) is 29.2 Å². The Morgan fingerprint density at radius 1 is 1.40 bits per heavy atom. The van der Waals surface area contributed by atoms with Crippen molar-refractivity contribution in [3.05, 3.63) is 63.1 Å². The molecule has 0 spiro atoms. The maximum Gasteiger partial charge on any atom is 0.257 e. The maximum absolute atomic E-state index is 13.7. The van der Waals surface area contributed by atoms with Gasteiger partial charge in [0.1, 0.15) is 29.1 Å². The number of aromatic nitrogens is 1. The van der Waals surface area contributed by atoms with Crippen LogP contribution in [-0.2, 0) is 17.8 Å². The Kier molecular flexibility index (Phi) is 7.79. The van der Waals surface area contributed by atoms with E-state index in [1.54, 1.807) is 7.05 Å². The van der Waals surface area contributed by atoms with Gasteiger partial charge in [-0.05, 0) is 19.7 Å². The third-order valence-electron chi connectivity index (χ3n) is 4.72. The van der Waals surface area contributed by atoms with Crippen LogP contribution in [-0.4, -0.2) is 53.7 Å². The lowest BCUT2D eigenvalue weighted by Gasteiger charge is -2.27. The van der Waals surface area contributed by atoms with E-state index in [1.165, 1.54) is 17.7 Å². The molecule has 0 radical (unpaired) electrons. The molecule has 1 amide bonds. The number of nitrogens with zero attached hydrogens (tertiary/aromatic N) is 2. The van der Waals surface area contributed by atoms with E-state index in [-0.39, 0.29) is 24.3 Å². The molecule has 0 aliphatic heterocycles. The fourth-order valence-electron chi connectivity index (χ4n) is 2.80. The zero-order valence-electron chi connectivity index (χ0n) is 16.8. The van der Waals surface area contributed by atoms with Crippen molar-refractivity contribution in [1.29, 1.82) is 0 Å². The summed E-state index contributed by atoms with van der Waals surface area (Å²) in [5, 5.41) is 12.5. The quantitative estimate of drug-likeness (QED) is 0.468. The molecule has 1 aromatic carbocycles. The number of carbonyl (C=O) groups is 2. The first-order chi connectivity index (χ1) is 14.2. The van der Waals surface area contributed by atoms with E-state index in [0.29, 0.717) is 18.9 Å². The Bertz CT molecular complexity index is 993. The summed E-state index contributed by atoms with van der Waals surface area (Å²) in [5.41, 5.74) is -1.76. The van der Waals surface area contributed by atoms with Crippen molar-refractivity contribution in [1.82, 2.24) is 14.8 Å². The molecule has 162 valence electrons. The molecule has 2 N–H and O–H groups in total. The van der Waals surface area contributed by atoms with Gasteiger partial charge >= 0.3 is 0 Å². The minimum Gasteiger partial charge on any atom is -0.503 e. The molecule has 0 aliphatic rings. The normalized spacial score (nSPS) is 12.1. The summed E-state index contributed by atoms with van der Waals surface area (Å²) in [4.78, 5) is 38.1. The van der Waals surface area contributed by atoms with Crippen LogP contribution in [0.2, 0.25) is 0 Å². The molecule has 0 saturated heterocycles. The van der Waals surface area contributed by atoms with E-state index in [4.69, 9.17) is 4.74 Å². The van der Waals surface area contributed by atoms with Crippen LogP contribution in [0.5, 0.6) is 5.75 Å². The average molecular weight is 423 g/mol. The first-order valence-electron chi connectivity index (χ1n) is 9.10. The van der Waals surface area contributed by atoms with Gasteiger partial charge in [0.25, 0.3) is 5.91 Å². The number of amides is 1. The number of hydrogen-bond acceptors (Lipinski definition) is 6. The van der Waals surface area contributed by atoms with Crippen LogP contribution in [0.3, 0.4) is 0 Å². The van der Waals surface area contributed by atoms with E-state index in [9.17, 15) is 28.3 Å². The summed E-state index contributed by atoms with van der Waals surface area (Å²) >= 11 is 0. The number of aromatic hydroxyl groups is 1. The minimum absolute atomic E-state index is 0.0165. The second-order valence-corrected chi connectivity index (χ2v) is 6.56. The van der Waals surface area contributed by atoms with Gasteiger partial charge in [-0.2, -0.15) is 0 Å². The molecule has 1 aromatic heterocycles. The monoisotopic (exact) mass is 423 g/mol. The second-order valence-electron chi connectivity index (χ2n) is 6.56. The highest BCUT2D eigenvalue weighted by Crippen LogP contribution is 2.15. The van der Waals surface area contributed by atoms with Crippen molar-refractivity contribution < 1.29 is 28.2 Å². The predicted octanol–water partition coefficient (Wildman–Crippen LogP) is 1.50. The van der Waals surface area contributed by atoms with Gasteiger partial charge in [-0.15, -0.1) is 0 Å². The number of benzene rings is 1. The summed E-state index contributed by atoms with van der Waals surface area (Å²) in [6.45, 7) is 2.26. The number of rotatable bonds is 9. The fourth-order valence-corrected chi connectivity index (χ4v) is 2.80. The number of hydrogen-bond donors (Lipinski definition) is 2. The lowest BCUT2D eigenvalue weighted by atomic mass is 10.1. The molecular weight excluding hydrogens is 400 g/mol. The van der Waals surface area contributed by atoms with Gasteiger partial charge in [0.05, 0.1) is 6.54 Å². The Morgan fingerprint density at radius 3 is 2.67 bits per heavy atom. The van der Waals surface area contributed by atoms with E-state index < -0.39 is 40.5 Å². The lowest BCUT2D eigenvalue weighted by molar-refractivity contribution is -0.0266. The number of carbonyl (C=O) groups excluding carboxylic acids is 2. The molecule has 0 fully saturated rings. The van der Waals surface area contributed by atoms with Crippen LogP contribution in [0.25, 0.3) is 0 Å². The highest BCUT2D eigenvalue weighted by Gasteiger charge is 2.22. The summed E-state index contributed by atoms with van der Waals surface area (Å²) in [6.07, 6.45) is 0.947. The SMILES string of the molecule is CCN(C)C(Cn1cc(C(=O)NCc2ccc(F)cc2F)c(=O)c(O)c1C=O)OC. The molecule has 8 nitrogen and oxygen atoms in total. The molecule has 0 bridgehead atoms. The molecule has 30 heavy (non-hydrogen) atoms. The first-order valence-corrected chi connectivity index (χ1v) is 9.10. The largest absolute Gasteiger partial charge is 0.503 e. The lowest BCUT2D eigenvalue weighted by Crippen LogP contribution is -2.38. The van der Waals surface area contributed by atoms with Crippen molar-refractivity contribution >= 4 is 12.2 Å². The molecule has 0 aliphatic carbocycles. The molecule has 1 unspecified atom stereocenters. The van der Waals surface area contributed by atoms with Crippen LogP contribution in [0.4, 0.5) is 8.78 Å². The molecular formula is C20H23F2N3O5. The number of ether oxygens (including phenoxy) is 1. The second kappa shape index (κ2) is 10.1. The van der Waals surface area contributed by atoms with Crippen molar-refractivity contribution in [2.24, 2.45) is 0 Å². The fraction of sp³-hybridized carbons (Fsp3) is 0.350. The third kappa shape index (κ3) is 5.08. The van der Waals surface area contributed by atoms with E-state index in [0.717, 1.165) is 12.3 Å². The minimum atomic E-state index is -1.04. The molecule has 2 rings (SSSR count). The van der Waals surface area contributed by atoms with Gasteiger partial charge < -0.3 is 19.7 Å². The highest BCUT2D eigenvalue weighted by atomic mass is 19.1. The molecule has 1 atom stereocenters. The zero-order valence-corrected chi connectivity index (χ0v) is 16.8. The summed E-state index contributed by atoms with van der Waals surface area (Å²) in [6, 6.07) is 2.88. The molecule has 2 aromatic rings. The number of likely N-dealkylation sites (N-methyl/N-ethyl adjacent to an activating group) is 1. The van der Waals surface area contributed by atoms with E-state index >= 15 is 0 Å². The molecule has 0 saturated carbocycles. The zero-order chi connectivity index (χ0) is 22.4. The van der Waals surface area contributed by atoms with Gasteiger partial charge in [0.2, 0.25) is 5.43 Å². The molecule has 10 heteroatoms. The number of aldehydes is 1. The van der Waals surface area contributed by atoms with Gasteiger partial charge in [0, 0.05) is 31.5 Å².